The van der Waals surface area contributed by atoms with Gasteiger partial charge in [0, 0.05) is 0 Å². The van der Waals surface area contributed by atoms with Crippen molar-refractivity contribution in [3.8, 4) is 0 Å². The molecule has 0 bridgehead atoms. The Bertz CT molecular complexity index is 526. The molecule has 0 nitrogen and oxygen atoms in total. The molecule has 0 heterocycles. The summed E-state index contributed by atoms with van der Waals surface area (Å²) in [5, 5.41) is 2.97. The maximum atomic E-state index is 2.55. The van der Waals surface area contributed by atoms with Crippen molar-refractivity contribution in [1.29, 1.82) is 0 Å². The van der Waals surface area contributed by atoms with Gasteiger partial charge in [0.1, 0.15) is 8.07 Å². The highest BCUT2D eigenvalue weighted by Crippen LogP contribution is 2.11. The highest BCUT2D eigenvalue weighted by Gasteiger charge is 2.29. The Morgan fingerprint density at radius 1 is 0.600 bits per heavy atom. The van der Waals surface area contributed by atoms with Gasteiger partial charge in [0.25, 0.3) is 0 Å². The average Bonchev–Trinajstić information content (AvgIpc) is 2.46. The Balaban J connectivity index is 2.53. The normalized spacial score (nSPS) is 12.8. The van der Waals surface area contributed by atoms with Crippen LogP contribution in [0.1, 0.15) is 0 Å². The van der Waals surface area contributed by atoms with E-state index in [9.17, 15) is 0 Å². The molecule has 0 amide bonds. The molecule has 0 fully saturated rings. The average molecular weight is 297 g/mol. The van der Waals surface area contributed by atoms with Crippen molar-refractivity contribution < 1.29 is 0 Å². The Morgan fingerprint density at radius 2 is 1.00 bits per heavy atom. The molecular weight excluding hydrogens is 272 g/mol. The molecule has 0 unspecified atom stereocenters. The summed E-state index contributed by atoms with van der Waals surface area (Å²) in [6.45, 7) is 9.64. The number of hydrogen-bond donors (Lipinski definition) is 0. The molecule has 20 heavy (non-hydrogen) atoms. The zero-order chi connectivity index (χ0) is 14.6. The molecule has 2 rings (SSSR count). The Kier molecular flexibility index (Phi) is 4.46. The molecular formula is C18H24Si2. The van der Waals surface area contributed by atoms with E-state index < -0.39 is 16.1 Å². The molecule has 0 saturated carbocycles. The minimum Gasteiger partial charge on any atom is -0.102 e. The van der Waals surface area contributed by atoms with Gasteiger partial charge in [0.2, 0.25) is 0 Å². The van der Waals surface area contributed by atoms with Gasteiger partial charge in [-0.15, -0.1) is 5.70 Å². The first kappa shape index (κ1) is 15.0. The van der Waals surface area contributed by atoms with Gasteiger partial charge in [-0.1, -0.05) is 103 Å². The maximum Gasteiger partial charge on any atom is 0.137 e. The Hall–Kier alpha value is -1.39. The zero-order valence-electron chi connectivity index (χ0n) is 12.9. The van der Waals surface area contributed by atoms with E-state index in [0.29, 0.717) is 0 Å². The predicted molar refractivity (Wildman–Crippen MR) is 96.3 cm³/mol. The van der Waals surface area contributed by atoms with Crippen LogP contribution in [0.25, 0.3) is 0 Å². The largest absolute Gasteiger partial charge is 0.137 e. The Morgan fingerprint density at radius 3 is 1.35 bits per heavy atom. The van der Waals surface area contributed by atoms with Gasteiger partial charge in [0.15, 0.2) is 0 Å². The third kappa shape index (κ3) is 3.58. The SMILES string of the molecule is C[Si](C)(C)/C=C/[Si](C)(c1ccccc1)c1ccccc1. The van der Waals surface area contributed by atoms with Crippen LogP contribution >= 0.6 is 0 Å². The van der Waals surface area contributed by atoms with Gasteiger partial charge in [-0.3, -0.25) is 0 Å². The van der Waals surface area contributed by atoms with Crippen molar-refractivity contribution in [2.24, 2.45) is 0 Å². The monoisotopic (exact) mass is 296 g/mol. The molecule has 0 aliphatic heterocycles. The van der Waals surface area contributed by atoms with Crippen LogP contribution in [0.5, 0.6) is 0 Å². The fraction of sp³-hybridized carbons (Fsp3) is 0.222. The van der Waals surface area contributed by atoms with E-state index in [1.165, 1.54) is 10.4 Å². The van der Waals surface area contributed by atoms with Crippen molar-refractivity contribution in [3.05, 3.63) is 72.1 Å². The molecule has 0 saturated heterocycles. The first-order chi connectivity index (χ1) is 9.42. The van der Waals surface area contributed by atoms with Gasteiger partial charge < -0.3 is 0 Å². The molecule has 0 aliphatic rings. The standard InChI is InChI=1S/C18H24Si2/c1-19(2,3)15-16-20(4,17-11-7-5-8-12-17)18-13-9-6-10-14-18/h5-16H,1-4H3/b16-15+. The molecule has 2 aromatic rings. The zero-order valence-corrected chi connectivity index (χ0v) is 14.9. The summed E-state index contributed by atoms with van der Waals surface area (Å²) in [6, 6.07) is 22.0. The van der Waals surface area contributed by atoms with E-state index in [2.05, 4.69) is 98.3 Å². The molecule has 0 aromatic heterocycles. The molecule has 0 N–H and O–H groups in total. The number of hydrogen-bond acceptors (Lipinski definition) is 0. The van der Waals surface area contributed by atoms with E-state index in [-0.39, 0.29) is 0 Å². The summed E-state index contributed by atoms with van der Waals surface area (Å²) < 4.78 is 0. The lowest BCUT2D eigenvalue weighted by atomic mass is 10.4. The highest BCUT2D eigenvalue weighted by atomic mass is 28.3. The van der Waals surface area contributed by atoms with Gasteiger partial charge in [-0.2, -0.15) is 0 Å². The predicted octanol–water partition coefficient (Wildman–Crippen LogP) is 3.85. The van der Waals surface area contributed by atoms with Crippen LogP contribution in [0.4, 0.5) is 0 Å². The molecule has 2 heteroatoms. The lowest BCUT2D eigenvalue weighted by Crippen LogP contribution is -2.54. The lowest BCUT2D eigenvalue weighted by molar-refractivity contribution is 1.69. The topological polar surface area (TPSA) is 0 Å². The van der Waals surface area contributed by atoms with Crippen molar-refractivity contribution in [2.45, 2.75) is 26.2 Å². The van der Waals surface area contributed by atoms with Crippen LogP contribution in [0.15, 0.2) is 72.1 Å². The fourth-order valence-corrected chi connectivity index (χ4v) is 8.17. The van der Waals surface area contributed by atoms with Crippen molar-refractivity contribution in [2.75, 3.05) is 0 Å². The second-order valence-electron chi connectivity index (χ2n) is 6.63. The van der Waals surface area contributed by atoms with E-state index in [4.69, 9.17) is 0 Å². The fourth-order valence-electron chi connectivity index (χ4n) is 2.34. The number of benzene rings is 2. The minimum absolute atomic E-state index is 1.18. The van der Waals surface area contributed by atoms with E-state index in [1.54, 1.807) is 0 Å². The molecule has 2 aromatic carbocycles. The van der Waals surface area contributed by atoms with Gasteiger partial charge in [-0.05, 0) is 0 Å². The van der Waals surface area contributed by atoms with Crippen LogP contribution in [0.3, 0.4) is 0 Å². The summed E-state index contributed by atoms with van der Waals surface area (Å²) in [7, 11) is -2.94. The summed E-state index contributed by atoms with van der Waals surface area (Å²) in [6.07, 6.45) is 0. The van der Waals surface area contributed by atoms with Crippen LogP contribution in [-0.4, -0.2) is 16.1 Å². The van der Waals surface area contributed by atoms with Crippen LogP contribution in [0.2, 0.25) is 26.2 Å². The van der Waals surface area contributed by atoms with E-state index >= 15 is 0 Å². The summed E-state index contributed by atoms with van der Waals surface area (Å²) in [4.78, 5) is 0. The molecule has 0 aliphatic carbocycles. The lowest BCUT2D eigenvalue weighted by Gasteiger charge is -2.26. The smallest absolute Gasteiger partial charge is 0.102 e. The number of rotatable bonds is 4. The second-order valence-corrected chi connectivity index (χ2v) is 15.6. The van der Waals surface area contributed by atoms with Crippen molar-refractivity contribution in [1.82, 2.24) is 0 Å². The van der Waals surface area contributed by atoms with Gasteiger partial charge >= 0.3 is 0 Å². The van der Waals surface area contributed by atoms with E-state index in [0.717, 1.165) is 0 Å². The highest BCUT2D eigenvalue weighted by molar-refractivity contribution is 7.05. The Labute approximate surface area is 125 Å². The molecule has 0 atom stereocenters. The van der Waals surface area contributed by atoms with Crippen molar-refractivity contribution in [3.63, 3.8) is 0 Å². The first-order valence-electron chi connectivity index (χ1n) is 7.23. The van der Waals surface area contributed by atoms with Crippen LogP contribution in [0, 0.1) is 0 Å². The summed E-state index contributed by atoms with van der Waals surface area (Å²) >= 11 is 0. The van der Waals surface area contributed by atoms with Crippen LogP contribution < -0.4 is 10.4 Å². The minimum atomic E-state index is -1.76. The van der Waals surface area contributed by atoms with Gasteiger partial charge in [-0.25, -0.2) is 0 Å². The van der Waals surface area contributed by atoms with Crippen LogP contribution in [-0.2, 0) is 0 Å². The summed E-state index contributed by atoms with van der Waals surface area (Å²) in [5.74, 6) is 0. The van der Waals surface area contributed by atoms with Gasteiger partial charge in [0.05, 0.1) is 8.07 Å². The third-order valence-corrected chi connectivity index (χ3v) is 9.06. The summed E-state index contributed by atoms with van der Waals surface area (Å²) in [5.41, 5.74) is 5.06. The quantitative estimate of drug-likeness (QED) is 0.752. The van der Waals surface area contributed by atoms with Crippen molar-refractivity contribution >= 4 is 26.5 Å². The maximum absolute atomic E-state index is 2.55. The molecule has 0 spiro atoms. The van der Waals surface area contributed by atoms with E-state index in [1.807, 2.05) is 0 Å². The molecule has 104 valence electrons. The molecule has 0 radical (unpaired) electrons. The second kappa shape index (κ2) is 5.94. The third-order valence-electron chi connectivity index (χ3n) is 3.66. The first-order valence-corrected chi connectivity index (χ1v) is 13.4.